The van der Waals surface area contributed by atoms with E-state index >= 15 is 0 Å². The second-order valence-corrected chi connectivity index (χ2v) is 5.51. The SMILES string of the molecule is CCN(CCCCl)c1ncnc2sc(C)cc12. The van der Waals surface area contributed by atoms with Gasteiger partial charge in [0.15, 0.2) is 0 Å². The van der Waals surface area contributed by atoms with Gasteiger partial charge in [-0.2, -0.15) is 0 Å². The van der Waals surface area contributed by atoms with Crippen LogP contribution < -0.4 is 4.90 Å². The van der Waals surface area contributed by atoms with Crippen LogP contribution in [0.3, 0.4) is 0 Å². The molecule has 3 nitrogen and oxygen atoms in total. The van der Waals surface area contributed by atoms with Gasteiger partial charge in [-0.3, -0.25) is 0 Å². The molecule has 0 amide bonds. The molecule has 0 saturated carbocycles. The molecule has 2 aromatic rings. The van der Waals surface area contributed by atoms with Crippen molar-refractivity contribution >= 4 is 39.0 Å². The molecule has 2 rings (SSSR count). The van der Waals surface area contributed by atoms with Crippen molar-refractivity contribution in [2.45, 2.75) is 20.3 Å². The maximum atomic E-state index is 5.76. The number of hydrogen-bond acceptors (Lipinski definition) is 4. The second kappa shape index (κ2) is 5.65. The highest BCUT2D eigenvalue weighted by Gasteiger charge is 2.12. The van der Waals surface area contributed by atoms with Crippen LogP contribution in [0.1, 0.15) is 18.2 Å². The van der Waals surface area contributed by atoms with E-state index in [1.54, 1.807) is 17.7 Å². The van der Waals surface area contributed by atoms with Gasteiger partial charge in [0.2, 0.25) is 0 Å². The molecule has 0 atom stereocenters. The Morgan fingerprint density at radius 3 is 2.94 bits per heavy atom. The van der Waals surface area contributed by atoms with Gasteiger partial charge in [0.05, 0.1) is 5.39 Å². The Kier molecular flexibility index (Phi) is 4.18. The Balaban J connectivity index is 2.38. The lowest BCUT2D eigenvalue weighted by molar-refractivity contribution is 0.784. The summed E-state index contributed by atoms with van der Waals surface area (Å²) in [5.41, 5.74) is 0. The molecule has 0 aliphatic carbocycles. The molecular weight excluding hydrogens is 254 g/mol. The Hall–Kier alpha value is -0.870. The van der Waals surface area contributed by atoms with E-state index in [1.807, 2.05) is 0 Å². The van der Waals surface area contributed by atoms with Crippen molar-refractivity contribution < 1.29 is 0 Å². The van der Waals surface area contributed by atoms with Gasteiger partial charge in [-0.15, -0.1) is 22.9 Å². The number of aromatic nitrogens is 2. The molecule has 2 aromatic heterocycles. The van der Waals surface area contributed by atoms with Gasteiger partial charge in [-0.25, -0.2) is 9.97 Å². The van der Waals surface area contributed by atoms with Crippen molar-refractivity contribution in [1.29, 1.82) is 0 Å². The first-order valence-corrected chi connectivity index (χ1v) is 7.13. The molecule has 0 aliphatic rings. The first kappa shape index (κ1) is 12.6. The van der Waals surface area contributed by atoms with E-state index < -0.39 is 0 Å². The van der Waals surface area contributed by atoms with Crippen LogP contribution in [0.5, 0.6) is 0 Å². The molecule has 0 N–H and O–H groups in total. The number of hydrogen-bond donors (Lipinski definition) is 0. The normalized spacial score (nSPS) is 11.0. The molecule has 0 bridgehead atoms. The smallest absolute Gasteiger partial charge is 0.140 e. The van der Waals surface area contributed by atoms with Crippen molar-refractivity contribution in [3.8, 4) is 0 Å². The van der Waals surface area contributed by atoms with Crippen LogP contribution in [-0.4, -0.2) is 28.9 Å². The van der Waals surface area contributed by atoms with Crippen molar-refractivity contribution in [1.82, 2.24) is 9.97 Å². The van der Waals surface area contributed by atoms with Crippen LogP contribution in [0.25, 0.3) is 10.2 Å². The fourth-order valence-corrected chi connectivity index (χ4v) is 2.84. The van der Waals surface area contributed by atoms with Gasteiger partial charge in [-0.1, -0.05) is 0 Å². The van der Waals surface area contributed by atoms with Crippen LogP contribution >= 0.6 is 22.9 Å². The van der Waals surface area contributed by atoms with Gasteiger partial charge in [0.25, 0.3) is 0 Å². The summed E-state index contributed by atoms with van der Waals surface area (Å²) in [6.07, 6.45) is 2.63. The van der Waals surface area contributed by atoms with E-state index in [1.165, 1.54) is 4.88 Å². The molecule has 0 spiro atoms. The van der Waals surface area contributed by atoms with E-state index in [0.717, 1.165) is 35.5 Å². The summed E-state index contributed by atoms with van der Waals surface area (Å²) in [4.78, 5) is 13.3. The number of thiophene rings is 1. The van der Waals surface area contributed by atoms with Crippen LogP contribution in [0.15, 0.2) is 12.4 Å². The first-order chi connectivity index (χ1) is 8.26. The maximum absolute atomic E-state index is 5.76. The molecule has 0 radical (unpaired) electrons. The van der Waals surface area contributed by atoms with E-state index in [2.05, 4.69) is 34.8 Å². The first-order valence-electron chi connectivity index (χ1n) is 5.78. The van der Waals surface area contributed by atoms with Crippen molar-refractivity contribution in [2.75, 3.05) is 23.9 Å². The van der Waals surface area contributed by atoms with Gasteiger partial charge in [0.1, 0.15) is 17.0 Å². The van der Waals surface area contributed by atoms with Crippen LogP contribution in [0.4, 0.5) is 5.82 Å². The van der Waals surface area contributed by atoms with Gasteiger partial charge >= 0.3 is 0 Å². The summed E-state index contributed by atoms with van der Waals surface area (Å²) < 4.78 is 0. The van der Waals surface area contributed by atoms with E-state index in [9.17, 15) is 0 Å². The summed E-state index contributed by atoms with van der Waals surface area (Å²) in [5, 5.41) is 1.16. The third kappa shape index (κ3) is 2.69. The highest BCUT2D eigenvalue weighted by molar-refractivity contribution is 7.18. The molecule has 5 heteroatoms. The fraction of sp³-hybridized carbons (Fsp3) is 0.500. The molecule has 2 heterocycles. The minimum atomic E-state index is 0.688. The molecule has 0 fully saturated rings. The third-order valence-corrected chi connectivity index (χ3v) is 3.90. The number of halogens is 1. The van der Waals surface area contributed by atoms with Crippen LogP contribution in [0, 0.1) is 6.92 Å². The Morgan fingerprint density at radius 1 is 1.41 bits per heavy atom. The number of anilines is 1. The molecule has 0 unspecified atom stereocenters. The second-order valence-electron chi connectivity index (χ2n) is 3.90. The summed E-state index contributed by atoms with van der Waals surface area (Å²) in [7, 11) is 0. The van der Waals surface area contributed by atoms with Gasteiger partial charge in [0, 0.05) is 23.8 Å². The average Bonchev–Trinajstić information content (AvgIpc) is 2.71. The summed E-state index contributed by atoms with van der Waals surface area (Å²) in [6.45, 7) is 6.13. The highest BCUT2D eigenvalue weighted by Crippen LogP contribution is 2.29. The van der Waals surface area contributed by atoms with Crippen molar-refractivity contribution in [3.05, 3.63) is 17.3 Å². The van der Waals surface area contributed by atoms with Gasteiger partial charge in [-0.05, 0) is 26.3 Å². The van der Waals surface area contributed by atoms with E-state index in [0.29, 0.717) is 5.88 Å². The summed E-state index contributed by atoms with van der Waals surface area (Å²) in [5.74, 6) is 1.72. The number of nitrogens with zero attached hydrogens (tertiary/aromatic N) is 3. The predicted molar refractivity (Wildman–Crippen MR) is 75.4 cm³/mol. The zero-order valence-corrected chi connectivity index (χ0v) is 11.7. The molecule has 0 saturated heterocycles. The monoisotopic (exact) mass is 269 g/mol. The quantitative estimate of drug-likeness (QED) is 0.779. The molecule has 17 heavy (non-hydrogen) atoms. The van der Waals surface area contributed by atoms with E-state index in [4.69, 9.17) is 11.6 Å². The molecular formula is C12H16ClN3S. The van der Waals surface area contributed by atoms with Crippen molar-refractivity contribution in [3.63, 3.8) is 0 Å². The Labute approximate surface area is 110 Å². The highest BCUT2D eigenvalue weighted by atomic mass is 35.5. The average molecular weight is 270 g/mol. The lowest BCUT2D eigenvalue weighted by atomic mass is 10.3. The third-order valence-electron chi connectivity index (χ3n) is 2.67. The van der Waals surface area contributed by atoms with Crippen LogP contribution in [-0.2, 0) is 0 Å². The fourth-order valence-electron chi connectivity index (χ4n) is 1.88. The van der Waals surface area contributed by atoms with Crippen LogP contribution in [0.2, 0.25) is 0 Å². The molecule has 92 valence electrons. The standard InChI is InChI=1S/C12H16ClN3S/c1-3-16(6-4-5-13)11-10-7-9(2)17-12(10)15-8-14-11/h7-8H,3-6H2,1-2H3. The van der Waals surface area contributed by atoms with E-state index in [-0.39, 0.29) is 0 Å². The summed E-state index contributed by atoms with van der Waals surface area (Å²) >= 11 is 7.47. The lowest BCUT2D eigenvalue weighted by Gasteiger charge is -2.21. The van der Waals surface area contributed by atoms with Crippen molar-refractivity contribution in [2.24, 2.45) is 0 Å². The largest absolute Gasteiger partial charge is 0.356 e. The number of rotatable bonds is 5. The summed E-state index contributed by atoms with van der Waals surface area (Å²) in [6, 6.07) is 2.17. The number of fused-ring (bicyclic) bond motifs is 1. The number of aryl methyl sites for hydroxylation is 1. The Morgan fingerprint density at radius 2 is 2.24 bits per heavy atom. The minimum absolute atomic E-state index is 0.688. The van der Waals surface area contributed by atoms with Gasteiger partial charge < -0.3 is 4.90 Å². The predicted octanol–water partition coefficient (Wildman–Crippen LogP) is 3.45. The minimum Gasteiger partial charge on any atom is -0.356 e. The zero-order chi connectivity index (χ0) is 12.3. The topological polar surface area (TPSA) is 29.0 Å². The molecule has 0 aliphatic heterocycles. The lowest BCUT2D eigenvalue weighted by Crippen LogP contribution is -2.25. The Bertz CT molecular complexity index is 497. The zero-order valence-electron chi connectivity index (χ0n) is 10.1. The maximum Gasteiger partial charge on any atom is 0.140 e. The number of alkyl halides is 1. The molecule has 0 aromatic carbocycles.